The molecule has 1 aromatic rings. The van der Waals surface area contributed by atoms with E-state index < -0.39 is 11.8 Å². The van der Waals surface area contributed by atoms with Crippen molar-refractivity contribution >= 4 is 17.8 Å². The molecule has 0 fully saturated rings. The van der Waals surface area contributed by atoms with E-state index >= 15 is 0 Å². The maximum atomic E-state index is 10.7. The number of hydrogen-bond donors (Lipinski definition) is 1. The van der Waals surface area contributed by atoms with Crippen LogP contribution in [0.15, 0.2) is 36.4 Å². The van der Waals surface area contributed by atoms with Crippen molar-refractivity contribution in [1.29, 1.82) is 0 Å². The molecule has 14 heavy (non-hydrogen) atoms. The third-order valence-corrected chi connectivity index (χ3v) is 1.65. The van der Waals surface area contributed by atoms with Crippen LogP contribution in [0.3, 0.4) is 0 Å². The number of rotatable bonds is 4. The van der Waals surface area contributed by atoms with E-state index in [0.717, 1.165) is 5.56 Å². The molecule has 0 amide bonds. The average molecular weight is 190 g/mol. The molecule has 0 unspecified atom stereocenters. The molecule has 1 rings (SSSR count). The molecule has 0 radical (unpaired) electrons. The molecule has 0 aliphatic heterocycles. The van der Waals surface area contributed by atoms with E-state index in [-0.39, 0.29) is 6.42 Å². The molecule has 1 N–H and O–H groups in total. The van der Waals surface area contributed by atoms with Crippen molar-refractivity contribution in [2.75, 3.05) is 0 Å². The average Bonchev–Trinajstić information content (AvgIpc) is 2.19. The fourth-order valence-corrected chi connectivity index (χ4v) is 0.954. The highest BCUT2D eigenvalue weighted by Gasteiger charge is 2.07. The smallest absolute Gasteiger partial charge is 0.372 e. The standard InChI is InChI=1S/C11H10O3/c12-10(11(13)14)8-4-7-9-5-2-1-3-6-9/h1-7H,8H2,(H,13,14)/b7-4+. The number of carboxylic acids is 1. The lowest BCUT2D eigenvalue weighted by molar-refractivity contribution is -0.148. The maximum absolute atomic E-state index is 10.7. The third-order valence-electron chi connectivity index (χ3n) is 1.65. The number of hydrogen-bond acceptors (Lipinski definition) is 2. The van der Waals surface area contributed by atoms with Crippen LogP contribution in [-0.4, -0.2) is 16.9 Å². The van der Waals surface area contributed by atoms with Crippen molar-refractivity contribution in [1.82, 2.24) is 0 Å². The molecule has 0 aliphatic rings. The highest BCUT2D eigenvalue weighted by atomic mass is 16.4. The minimum absolute atomic E-state index is 0.0653. The van der Waals surface area contributed by atoms with Gasteiger partial charge in [-0.25, -0.2) is 4.79 Å². The lowest BCUT2D eigenvalue weighted by atomic mass is 10.2. The predicted molar refractivity (Wildman–Crippen MR) is 52.7 cm³/mol. The first-order valence-corrected chi connectivity index (χ1v) is 4.18. The second kappa shape index (κ2) is 4.97. The molecule has 1 aromatic carbocycles. The minimum Gasteiger partial charge on any atom is -0.475 e. The van der Waals surface area contributed by atoms with Gasteiger partial charge in [0.2, 0.25) is 5.78 Å². The second-order valence-electron chi connectivity index (χ2n) is 2.75. The predicted octanol–water partition coefficient (Wildman–Crippen LogP) is 1.74. The van der Waals surface area contributed by atoms with Crippen molar-refractivity contribution in [2.45, 2.75) is 6.42 Å². The first-order valence-electron chi connectivity index (χ1n) is 4.18. The number of ketones is 1. The molecule has 72 valence electrons. The quantitative estimate of drug-likeness (QED) is 0.736. The highest BCUT2D eigenvalue weighted by molar-refractivity contribution is 6.33. The Morgan fingerprint density at radius 2 is 1.86 bits per heavy atom. The van der Waals surface area contributed by atoms with Gasteiger partial charge in [-0.3, -0.25) is 4.79 Å². The Kier molecular flexibility index (Phi) is 3.61. The van der Waals surface area contributed by atoms with Crippen LogP contribution in [0.1, 0.15) is 12.0 Å². The first kappa shape index (κ1) is 10.2. The van der Waals surface area contributed by atoms with Crippen molar-refractivity contribution < 1.29 is 14.7 Å². The monoisotopic (exact) mass is 190 g/mol. The van der Waals surface area contributed by atoms with Gasteiger partial charge in [0, 0.05) is 6.42 Å². The Hall–Kier alpha value is -1.90. The summed E-state index contributed by atoms with van der Waals surface area (Å²) in [5, 5.41) is 8.30. The van der Waals surface area contributed by atoms with Crippen LogP contribution in [-0.2, 0) is 9.59 Å². The number of Topliss-reactive ketones (excluding diaryl/α,β-unsaturated/α-hetero) is 1. The Morgan fingerprint density at radius 1 is 1.21 bits per heavy atom. The Bertz CT molecular complexity index is 352. The van der Waals surface area contributed by atoms with Crippen molar-refractivity contribution in [3.63, 3.8) is 0 Å². The summed E-state index contributed by atoms with van der Waals surface area (Å²) >= 11 is 0. The summed E-state index contributed by atoms with van der Waals surface area (Å²) < 4.78 is 0. The van der Waals surface area contributed by atoms with Crippen LogP contribution in [0.4, 0.5) is 0 Å². The van der Waals surface area contributed by atoms with Crippen LogP contribution in [0.25, 0.3) is 6.08 Å². The largest absolute Gasteiger partial charge is 0.475 e. The van der Waals surface area contributed by atoms with Crippen molar-refractivity contribution in [3.05, 3.63) is 42.0 Å². The molecular weight excluding hydrogens is 180 g/mol. The summed E-state index contributed by atoms with van der Waals surface area (Å²) in [6.07, 6.45) is 3.21. The van der Waals surface area contributed by atoms with Gasteiger partial charge < -0.3 is 5.11 Å². The number of aliphatic carboxylic acids is 1. The van der Waals surface area contributed by atoms with E-state index in [1.807, 2.05) is 30.3 Å². The maximum Gasteiger partial charge on any atom is 0.372 e. The van der Waals surface area contributed by atoms with Crippen LogP contribution in [0.5, 0.6) is 0 Å². The Morgan fingerprint density at radius 3 is 2.43 bits per heavy atom. The molecular formula is C11H10O3. The minimum atomic E-state index is -1.39. The van der Waals surface area contributed by atoms with E-state index in [1.165, 1.54) is 0 Å². The molecule has 0 saturated carbocycles. The molecule has 3 heteroatoms. The number of allylic oxidation sites excluding steroid dienone is 1. The van der Waals surface area contributed by atoms with Gasteiger partial charge in [0.05, 0.1) is 0 Å². The normalized spacial score (nSPS) is 10.3. The summed E-state index contributed by atoms with van der Waals surface area (Å²) in [4.78, 5) is 20.8. The topological polar surface area (TPSA) is 54.4 Å². The molecule has 0 heterocycles. The van der Waals surface area contributed by atoms with Gasteiger partial charge in [-0.1, -0.05) is 42.5 Å². The van der Waals surface area contributed by atoms with Gasteiger partial charge >= 0.3 is 5.97 Å². The molecule has 3 nitrogen and oxygen atoms in total. The van der Waals surface area contributed by atoms with Crippen molar-refractivity contribution in [3.8, 4) is 0 Å². The highest BCUT2D eigenvalue weighted by Crippen LogP contribution is 2.01. The van der Waals surface area contributed by atoms with Crippen LogP contribution < -0.4 is 0 Å². The number of carbonyl (C=O) groups excluding carboxylic acids is 1. The first-order chi connectivity index (χ1) is 6.70. The second-order valence-corrected chi connectivity index (χ2v) is 2.75. The summed E-state index contributed by atoms with van der Waals surface area (Å²) in [7, 11) is 0. The SMILES string of the molecule is O=C(O)C(=O)C/C=C/c1ccccc1. The Balaban J connectivity index is 2.50. The summed E-state index contributed by atoms with van der Waals surface area (Å²) in [6.45, 7) is 0. The van der Waals surface area contributed by atoms with Gasteiger partial charge in [-0.15, -0.1) is 0 Å². The summed E-state index contributed by atoms with van der Waals surface area (Å²) in [6, 6.07) is 9.39. The fraction of sp³-hybridized carbons (Fsp3) is 0.0909. The van der Waals surface area contributed by atoms with Crippen LogP contribution in [0.2, 0.25) is 0 Å². The molecule has 0 bridgehead atoms. The molecule has 0 atom stereocenters. The van der Waals surface area contributed by atoms with E-state index in [2.05, 4.69) is 0 Å². The van der Waals surface area contributed by atoms with E-state index in [4.69, 9.17) is 5.11 Å². The number of benzene rings is 1. The van der Waals surface area contributed by atoms with Gasteiger partial charge in [0.1, 0.15) is 0 Å². The lowest BCUT2D eigenvalue weighted by Crippen LogP contribution is -2.10. The Labute approximate surface area is 81.7 Å². The van der Waals surface area contributed by atoms with Gasteiger partial charge in [-0.2, -0.15) is 0 Å². The zero-order valence-corrected chi connectivity index (χ0v) is 7.51. The van der Waals surface area contributed by atoms with Crippen molar-refractivity contribution in [2.24, 2.45) is 0 Å². The molecule has 0 saturated heterocycles. The number of carbonyl (C=O) groups is 2. The van der Waals surface area contributed by atoms with Crippen LogP contribution >= 0.6 is 0 Å². The van der Waals surface area contributed by atoms with Gasteiger partial charge in [0.15, 0.2) is 0 Å². The third kappa shape index (κ3) is 3.23. The number of carboxylic acid groups (broad SMARTS) is 1. The van der Waals surface area contributed by atoms with Gasteiger partial charge in [-0.05, 0) is 5.56 Å². The zero-order chi connectivity index (χ0) is 10.4. The lowest BCUT2D eigenvalue weighted by Gasteiger charge is -1.90. The fourth-order valence-electron chi connectivity index (χ4n) is 0.954. The van der Waals surface area contributed by atoms with Crippen LogP contribution in [0, 0.1) is 0 Å². The summed E-state index contributed by atoms with van der Waals surface area (Å²) in [5.41, 5.74) is 0.950. The molecule has 0 spiro atoms. The molecule has 0 aliphatic carbocycles. The van der Waals surface area contributed by atoms with Gasteiger partial charge in [0.25, 0.3) is 0 Å². The van der Waals surface area contributed by atoms with E-state index in [0.29, 0.717) is 0 Å². The summed E-state index contributed by atoms with van der Waals surface area (Å²) in [5.74, 6) is -2.18. The zero-order valence-electron chi connectivity index (χ0n) is 7.51. The van der Waals surface area contributed by atoms with E-state index in [1.54, 1.807) is 12.2 Å². The van der Waals surface area contributed by atoms with E-state index in [9.17, 15) is 9.59 Å². The molecule has 0 aromatic heterocycles.